The van der Waals surface area contributed by atoms with E-state index in [0.29, 0.717) is 0 Å². The first kappa shape index (κ1) is 11.0. The number of hydrogen-bond acceptors (Lipinski definition) is 1. The van der Waals surface area contributed by atoms with Gasteiger partial charge in [0.05, 0.1) is 0 Å². The van der Waals surface area contributed by atoms with Crippen molar-refractivity contribution in [1.29, 1.82) is 0 Å². The van der Waals surface area contributed by atoms with E-state index in [0.717, 1.165) is 23.1 Å². The lowest BCUT2D eigenvalue weighted by atomic mass is 10.3. The number of benzene rings is 1. The minimum atomic E-state index is 0.933. The van der Waals surface area contributed by atoms with Crippen LogP contribution in [0, 0.1) is 3.57 Å². The normalized spacial score (nSPS) is 9.69. The monoisotopic (exact) mass is 351 g/mol. The van der Waals surface area contributed by atoms with Crippen LogP contribution in [0.4, 0.5) is 5.69 Å². The van der Waals surface area contributed by atoms with Gasteiger partial charge in [0.25, 0.3) is 0 Å². The number of nitrogens with one attached hydrogen (secondary N) is 1. The van der Waals surface area contributed by atoms with E-state index >= 15 is 0 Å². The van der Waals surface area contributed by atoms with Crippen LogP contribution in [-0.4, -0.2) is 6.54 Å². The Labute approximate surface area is 101 Å². The Morgan fingerprint density at radius 1 is 1.54 bits per heavy atom. The summed E-state index contributed by atoms with van der Waals surface area (Å²) in [6.45, 7) is 4.61. The molecule has 3 heteroatoms. The van der Waals surface area contributed by atoms with E-state index in [1.54, 1.807) is 0 Å². The van der Waals surface area contributed by atoms with Gasteiger partial charge in [-0.05, 0) is 63.1 Å². The molecule has 0 aromatic heterocycles. The molecule has 1 rings (SSSR count). The summed E-state index contributed by atoms with van der Waals surface area (Å²) >= 11 is 5.80. The Kier molecular flexibility index (Phi) is 4.80. The highest BCUT2D eigenvalue weighted by molar-refractivity contribution is 14.1. The number of hydrogen-bond donors (Lipinski definition) is 1. The van der Waals surface area contributed by atoms with E-state index in [9.17, 15) is 0 Å². The maximum Gasteiger partial charge on any atom is 0.0485 e. The second kappa shape index (κ2) is 5.65. The molecular weight excluding hydrogens is 341 g/mol. The Morgan fingerprint density at radius 3 is 2.92 bits per heavy atom. The molecule has 0 amide bonds. The fourth-order valence-corrected chi connectivity index (χ4v) is 2.38. The van der Waals surface area contributed by atoms with Crippen LogP contribution in [0.1, 0.15) is 6.42 Å². The van der Waals surface area contributed by atoms with Crippen molar-refractivity contribution in [2.24, 2.45) is 0 Å². The highest BCUT2D eigenvalue weighted by atomic mass is 127. The van der Waals surface area contributed by atoms with Crippen molar-refractivity contribution in [2.45, 2.75) is 6.42 Å². The van der Waals surface area contributed by atoms with E-state index in [2.05, 4.69) is 68.6 Å². The lowest BCUT2D eigenvalue weighted by Gasteiger charge is -2.07. The Bertz CT molecular complexity index is 299. The smallest absolute Gasteiger partial charge is 0.0485 e. The first-order valence-corrected chi connectivity index (χ1v) is 5.91. The molecule has 1 N–H and O–H groups in total. The van der Waals surface area contributed by atoms with Crippen molar-refractivity contribution in [2.75, 3.05) is 11.9 Å². The molecule has 0 saturated carbocycles. The third-order valence-corrected chi connectivity index (χ3v) is 2.92. The molecule has 0 spiro atoms. The van der Waals surface area contributed by atoms with Crippen LogP contribution < -0.4 is 5.32 Å². The summed E-state index contributed by atoms with van der Waals surface area (Å²) in [5.74, 6) is 0. The molecule has 1 nitrogen and oxygen atoms in total. The van der Waals surface area contributed by atoms with Crippen molar-refractivity contribution < 1.29 is 0 Å². The van der Waals surface area contributed by atoms with Crippen LogP contribution in [0.2, 0.25) is 0 Å². The molecule has 0 saturated heterocycles. The average molecular weight is 352 g/mol. The lowest BCUT2D eigenvalue weighted by molar-refractivity contribution is 1.07. The Hall–Kier alpha value is -0.0300. The highest BCUT2D eigenvalue weighted by Crippen LogP contribution is 2.24. The second-order valence-corrected chi connectivity index (χ2v) is 4.73. The molecule has 0 atom stereocenters. The van der Waals surface area contributed by atoms with Gasteiger partial charge in [-0.2, -0.15) is 0 Å². The zero-order chi connectivity index (χ0) is 9.68. The fraction of sp³-hybridized carbons (Fsp3) is 0.200. The molecule has 0 aliphatic rings. The molecule has 0 aliphatic heterocycles. The second-order valence-electron chi connectivity index (χ2n) is 2.63. The molecule has 1 aromatic rings. The van der Waals surface area contributed by atoms with E-state index in [1.807, 2.05) is 6.08 Å². The van der Waals surface area contributed by atoms with E-state index in [1.165, 1.54) is 3.57 Å². The number of anilines is 1. The van der Waals surface area contributed by atoms with Gasteiger partial charge in [-0.25, -0.2) is 0 Å². The molecule has 0 fully saturated rings. The highest BCUT2D eigenvalue weighted by Gasteiger charge is 1.97. The van der Waals surface area contributed by atoms with Gasteiger partial charge in [0.2, 0.25) is 0 Å². The number of rotatable bonds is 4. The van der Waals surface area contributed by atoms with E-state index < -0.39 is 0 Å². The molecule has 13 heavy (non-hydrogen) atoms. The number of halogens is 2. The first-order chi connectivity index (χ1) is 6.24. The molecule has 0 aliphatic carbocycles. The lowest BCUT2D eigenvalue weighted by Crippen LogP contribution is -2.00. The zero-order valence-corrected chi connectivity index (χ0v) is 10.9. The summed E-state index contributed by atoms with van der Waals surface area (Å²) in [7, 11) is 0. The maximum absolute atomic E-state index is 3.68. The summed E-state index contributed by atoms with van der Waals surface area (Å²) in [4.78, 5) is 0. The fourth-order valence-electron chi connectivity index (χ4n) is 0.942. The molecule has 1 aromatic carbocycles. The predicted molar refractivity (Wildman–Crippen MR) is 70.2 cm³/mol. The van der Waals surface area contributed by atoms with E-state index in [-0.39, 0.29) is 0 Å². The summed E-state index contributed by atoms with van der Waals surface area (Å²) in [6, 6.07) is 6.26. The summed E-state index contributed by atoms with van der Waals surface area (Å²) < 4.78 is 2.35. The van der Waals surface area contributed by atoms with Gasteiger partial charge in [0.1, 0.15) is 0 Å². The Morgan fingerprint density at radius 2 is 2.31 bits per heavy atom. The van der Waals surface area contributed by atoms with Crippen LogP contribution in [0.5, 0.6) is 0 Å². The quantitative estimate of drug-likeness (QED) is 0.490. The average Bonchev–Trinajstić information content (AvgIpc) is 2.09. The van der Waals surface area contributed by atoms with Gasteiger partial charge in [0.15, 0.2) is 0 Å². The molecular formula is C10H11BrIN. The zero-order valence-electron chi connectivity index (χ0n) is 7.19. The van der Waals surface area contributed by atoms with Crippen LogP contribution >= 0.6 is 38.5 Å². The standard InChI is InChI=1S/C10H11BrIN/c1-2-3-6-13-10-5-4-8(12)7-9(10)11/h2,4-5,7,13H,1,3,6H2. The minimum Gasteiger partial charge on any atom is -0.384 e. The van der Waals surface area contributed by atoms with Gasteiger partial charge in [-0.1, -0.05) is 6.08 Å². The maximum atomic E-state index is 3.68. The van der Waals surface area contributed by atoms with E-state index in [4.69, 9.17) is 0 Å². The SMILES string of the molecule is C=CCCNc1ccc(I)cc1Br. The third kappa shape index (κ3) is 3.68. The molecule has 0 radical (unpaired) electrons. The predicted octanol–water partition coefficient (Wildman–Crippen LogP) is 4.04. The summed E-state index contributed by atoms with van der Waals surface area (Å²) in [5, 5.41) is 3.32. The van der Waals surface area contributed by atoms with Crippen molar-refractivity contribution in [3.05, 3.63) is 38.9 Å². The van der Waals surface area contributed by atoms with Crippen molar-refractivity contribution >= 4 is 44.2 Å². The van der Waals surface area contributed by atoms with Crippen molar-refractivity contribution in [3.8, 4) is 0 Å². The van der Waals surface area contributed by atoms with Crippen LogP contribution in [0.15, 0.2) is 35.3 Å². The van der Waals surface area contributed by atoms with Crippen LogP contribution in [0.25, 0.3) is 0 Å². The molecule has 0 heterocycles. The van der Waals surface area contributed by atoms with Gasteiger partial charge in [-0.15, -0.1) is 6.58 Å². The van der Waals surface area contributed by atoms with Gasteiger partial charge in [0, 0.05) is 20.3 Å². The topological polar surface area (TPSA) is 12.0 Å². The van der Waals surface area contributed by atoms with Crippen LogP contribution in [0.3, 0.4) is 0 Å². The summed E-state index contributed by atoms with van der Waals surface area (Å²) in [6.07, 6.45) is 2.89. The van der Waals surface area contributed by atoms with Gasteiger partial charge < -0.3 is 5.32 Å². The minimum absolute atomic E-state index is 0.933. The van der Waals surface area contributed by atoms with Crippen molar-refractivity contribution in [3.63, 3.8) is 0 Å². The molecule has 0 bridgehead atoms. The van der Waals surface area contributed by atoms with Gasteiger partial charge >= 0.3 is 0 Å². The largest absolute Gasteiger partial charge is 0.384 e. The van der Waals surface area contributed by atoms with Crippen LogP contribution in [-0.2, 0) is 0 Å². The third-order valence-electron chi connectivity index (χ3n) is 1.60. The molecule has 70 valence electrons. The van der Waals surface area contributed by atoms with Crippen molar-refractivity contribution in [1.82, 2.24) is 0 Å². The van der Waals surface area contributed by atoms with Gasteiger partial charge in [-0.3, -0.25) is 0 Å². The Balaban J connectivity index is 2.61. The molecule has 0 unspecified atom stereocenters. The summed E-state index contributed by atoms with van der Waals surface area (Å²) in [5.41, 5.74) is 1.14. The first-order valence-electron chi connectivity index (χ1n) is 4.04.